The average molecular weight is 211 g/mol. The summed E-state index contributed by atoms with van der Waals surface area (Å²) in [6, 6.07) is 4.19. The van der Waals surface area contributed by atoms with E-state index in [1.165, 1.54) is 0 Å². The molecule has 1 aromatic heterocycles. The Bertz CT molecular complexity index is 234. The lowest BCUT2D eigenvalue weighted by Gasteiger charge is -2.10. The summed E-state index contributed by atoms with van der Waals surface area (Å²) in [6.07, 6.45) is 3.85. The monoisotopic (exact) mass is 211 g/mol. The Kier molecular flexibility index (Phi) is 6.12. The minimum atomic E-state index is 0.283. The first kappa shape index (κ1) is 12.3. The van der Waals surface area contributed by atoms with Crippen molar-refractivity contribution >= 4 is 0 Å². The minimum Gasteiger partial charge on any atom is -0.468 e. The van der Waals surface area contributed by atoms with E-state index in [4.69, 9.17) is 9.15 Å². The van der Waals surface area contributed by atoms with E-state index in [0.717, 1.165) is 38.4 Å². The van der Waals surface area contributed by atoms with Crippen LogP contribution >= 0.6 is 0 Å². The molecule has 3 nitrogen and oxygen atoms in total. The zero-order valence-electron chi connectivity index (χ0n) is 9.66. The molecule has 0 saturated carbocycles. The van der Waals surface area contributed by atoms with Crippen LogP contribution in [0.4, 0.5) is 0 Å². The topological polar surface area (TPSA) is 34.4 Å². The molecule has 0 aliphatic rings. The highest BCUT2D eigenvalue weighted by atomic mass is 16.5. The molecular weight excluding hydrogens is 190 g/mol. The van der Waals surface area contributed by atoms with Crippen LogP contribution in [0.3, 0.4) is 0 Å². The van der Waals surface area contributed by atoms with E-state index in [0.29, 0.717) is 0 Å². The van der Waals surface area contributed by atoms with Crippen LogP contribution in [0.1, 0.15) is 38.5 Å². The summed E-state index contributed by atoms with van der Waals surface area (Å²) in [6.45, 7) is 6.90. The van der Waals surface area contributed by atoms with E-state index in [2.05, 4.69) is 19.2 Å². The summed E-state index contributed by atoms with van der Waals surface area (Å²) in [5.41, 5.74) is 0. The van der Waals surface area contributed by atoms with Crippen molar-refractivity contribution in [1.29, 1.82) is 0 Å². The second kappa shape index (κ2) is 7.49. The lowest BCUT2D eigenvalue weighted by molar-refractivity contribution is 0.131. The van der Waals surface area contributed by atoms with Crippen LogP contribution in [-0.4, -0.2) is 19.8 Å². The number of ether oxygens (including phenoxy) is 1. The Balaban J connectivity index is 2.00. The zero-order valence-corrected chi connectivity index (χ0v) is 9.66. The van der Waals surface area contributed by atoms with Gasteiger partial charge in [0.05, 0.1) is 12.3 Å². The molecule has 86 valence electrons. The van der Waals surface area contributed by atoms with Crippen molar-refractivity contribution in [3.8, 4) is 0 Å². The van der Waals surface area contributed by atoms with Gasteiger partial charge in [-0.15, -0.1) is 0 Å². The second-order valence-electron chi connectivity index (χ2n) is 3.66. The highest BCUT2D eigenvalue weighted by molar-refractivity contribution is 5.02. The van der Waals surface area contributed by atoms with Crippen LogP contribution in [0, 0.1) is 0 Å². The largest absolute Gasteiger partial charge is 0.468 e. The zero-order chi connectivity index (χ0) is 10.9. The Morgan fingerprint density at radius 1 is 1.47 bits per heavy atom. The van der Waals surface area contributed by atoms with Gasteiger partial charge in [-0.2, -0.15) is 0 Å². The van der Waals surface area contributed by atoms with Gasteiger partial charge in [0, 0.05) is 13.2 Å². The lowest BCUT2D eigenvalue weighted by atomic mass is 10.2. The molecule has 0 aromatic carbocycles. The van der Waals surface area contributed by atoms with Crippen molar-refractivity contribution in [2.75, 3.05) is 19.8 Å². The molecule has 0 spiro atoms. The first-order chi connectivity index (χ1) is 7.34. The third kappa shape index (κ3) is 5.00. The van der Waals surface area contributed by atoms with E-state index in [1.807, 2.05) is 12.1 Å². The average Bonchev–Trinajstić information content (AvgIpc) is 2.76. The minimum absolute atomic E-state index is 0.283. The van der Waals surface area contributed by atoms with Crippen molar-refractivity contribution < 1.29 is 9.15 Å². The summed E-state index contributed by atoms with van der Waals surface area (Å²) in [5, 5.41) is 3.39. The van der Waals surface area contributed by atoms with E-state index < -0.39 is 0 Å². The van der Waals surface area contributed by atoms with Crippen molar-refractivity contribution in [2.45, 2.75) is 32.7 Å². The van der Waals surface area contributed by atoms with Gasteiger partial charge in [0.2, 0.25) is 0 Å². The van der Waals surface area contributed by atoms with E-state index >= 15 is 0 Å². The predicted octanol–water partition coefficient (Wildman–Crippen LogP) is 2.75. The Labute approximate surface area is 91.8 Å². The van der Waals surface area contributed by atoms with Crippen molar-refractivity contribution in [3.63, 3.8) is 0 Å². The smallest absolute Gasteiger partial charge is 0.120 e. The van der Waals surface area contributed by atoms with Gasteiger partial charge in [0.15, 0.2) is 0 Å². The third-order valence-corrected chi connectivity index (χ3v) is 2.23. The first-order valence-electron chi connectivity index (χ1n) is 5.69. The molecule has 1 heterocycles. The molecule has 0 fully saturated rings. The molecule has 1 N–H and O–H groups in total. The van der Waals surface area contributed by atoms with Gasteiger partial charge >= 0.3 is 0 Å². The number of furan rings is 1. The van der Waals surface area contributed by atoms with Gasteiger partial charge < -0.3 is 14.5 Å². The molecule has 1 rings (SSSR count). The van der Waals surface area contributed by atoms with Crippen molar-refractivity contribution in [3.05, 3.63) is 24.2 Å². The van der Waals surface area contributed by atoms with Crippen LogP contribution < -0.4 is 5.32 Å². The molecule has 0 radical (unpaired) electrons. The van der Waals surface area contributed by atoms with Crippen molar-refractivity contribution in [2.24, 2.45) is 0 Å². The van der Waals surface area contributed by atoms with Crippen LogP contribution in [0.2, 0.25) is 0 Å². The van der Waals surface area contributed by atoms with Gasteiger partial charge in [-0.25, -0.2) is 0 Å². The van der Waals surface area contributed by atoms with E-state index in [-0.39, 0.29) is 6.04 Å². The highest BCUT2D eigenvalue weighted by Crippen LogP contribution is 2.11. The van der Waals surface area contributed by atoms with Gasteiger partial charge in [-0.1, -0.05) is 6.92 Å². The normalized spacial score (nSPS) is 12.9. The number of hydrogen-bond donors (Lipinski definition) is 1. The molecule has 0 bridgehead atoms. The predicted molar refractivity (Wildman–Crippen MR) is 60.9 cm³/mol. The quantitative estimate of drug-likeness (QED) is 0.671. The summed E-state index contributed by atoms with van der Waals surface area (Å²) < 4.78 is 10.7. The number of rotatable bonds is 8. The SMILES string of the molecule is CCCOCCCNC(C)c1ccco1. The Morgan fingerprint density at radius 3 is 3.00 bits per heavy atom. The molecular formula is C12H21NO2. The maximum atomic E-state index is 5.39. The fraction of sp³-hybridized carbons (Fsp3) is 0.667. The fourth-order valence-corrected chi connectivity index (χ4v) is 1.38. The van der Waals surface area contributed by atoms with Crippen LogP contribution in [0.5, 0.6) is 0 Å². The maximum Gasteiger partial charge on any atom is 0.120 e. The third-order valence-electron chi connectivity index (χ3n) is 2.23. The van der Waals surface area contributed by atoms with E-state index in [1.54, 1.807) is 6.26 Å². The molecule has 0 saturated heterocycles. The van der Waals surface area contributed by atoms with Crippen LogP contribution in [-0.2, 0) is 4.74 Å². The molecule has 1 unspecified atom stereocenters. The summed E-state index contributed by atoms with van der Waals surface area (Å²) >= 11 is 0. The van der Waals surface area contributed by atoms with Gasteiger partial charge in [0.25, 0.3) is 0 Å². The maximum absolute atomic E-state index is 5.39. The van der Waals surface area contributed by atoms with Gasteiger partial charge in [-0.3, -0.25) is 0 Å². The number of hydrogen-bond acceptors (Lipinski definition) is 3. The fourth-order valence-electron chi connectivity index (χ4n) is 1.38. The second-order valence-corrected chi connectivity index (χ2v) is 3.66. The number of nitrogens with one attached hydrogen (secondary N) is 1. The lowest BCUT2D eigenvalue weighted by Crippen LogP contribution is -2.20. The first-order valence-corrected chi connectivity index (χ1v) is 5.69. The Morgan fingerprint density at radius 2 is 2.33 bits per heavy atom. The van der Waals surface area contributed by atoms with Crippen molar-refractivity contribution in [1.82, 2.24) is 5.32 Å². The summed E-state index contributed by atoms with van der Waals surface area (Å²) in [5.74, 6) is 0.990. The molecule has 15 heavy (non-hydrogen) atoms. The molecule has 1 atom stereocenters. The summed E-state index contributed by atoms with van der Waals surface area (Å²) in [4.78, 5) is 0. The molecule has 0 amide bonds. The molecule has 0 aliphatic heterocycles. The van der Waals surface area contributed by atoms with Gasteiger partial charge in [-0.05, 0) is 38.4 Å². The molecule has 3 heteroatoms. The van der Waals surface area contributed by atoms with E-state index in [9.17, 15) is 0 Å². The summed E-state index contributed by atoms with van der Waals surface area (Å²) in [7, 11) is 0. The standard InChI is InChI=1S/C12H21NO2/c1-3-8-14-9-5-7-13-11(2)12-6-4-10-15-12/h4,6,10-11,13H,3,5,7-9H2,1-2H3. The van der Waals surface area contributed by atoms with Crippen LogP contribution in [0.15, 0.2) is 22.8 Å². The van der Waals surface area contributed by atoms with Crippen LogP contribution in [0.25, 0.3) is 0 Å². The Hall–Kier alpha value is -0.800. The molecule has 1 aromatic rings. The molecule has 0 aliphatic carbocycles. The van der Waals surface area contributed by atoms with Gasteiger partial charge in [0.1, 0.15) is 5.76 Å². The highest BCUT2D eigenvalue weighted by Gasteiger charge is 2.05.